The van der Waals surface area contributed by atoms with E-state index < -0.39 is 59.3 Å². The Morgan fingerprint density at radius 3 is 2.00 bits per heavy atom. The van der Waals surface area contributed by atoms with E-state index in [1.165, 1.54) is 0 Å². The Hall–Kier alpha value is -4.36. The SMILES string of the molecule is CC(C)(C)OC(=O)NCc1cc(F)cc(C(=O)OCCN(Cc2cc(F)cc(C(=O)O)n2)C(=O)OC(C)(C)C)n1. The number of nitrogens with zero attached hydrogens (tertiary/aromatic N) is 3. The van der Waals surface area contributed by atoms with E-state index in [1.807, 2.05) is 0 Å². The largest absolute Gasteiger partial charge is 0.477 e. The van der Waals surface area contributed by atoms with Gasteiger partial charge in [-0.25, -0.2) is 37.9 Å². The fourth-order valence-corrected chi connectivity index (χ4v) is 3.04. The van der Waals surface area contributed by atoms with Crippen LogP contribution in [-0.2, 0) is 27.3 Å². The number of aromatic carboxylic acids is 1. The summed E-state index contributed by atoms with van der Waals surface area (Å²) in [5.74, 6) is -4.14. The molecule has 0 fully saturated rings. The second kappa shape index (κ2) is 13.1. The van der Waals surface area contributed by atoms with Gasteiger partial charge in [0, 0.05) is 12.1 Å². The van der Waals surface area contributed by atoms with Crippen LogP contribution in [0.1, 0.15) is 73.9 Å². The van der Waals surface area contributed by atoms with Crippen LogP contribution in [0.5, 0.6) is 0 Å². The molecular formula is C26H32F2N4O8. The van der Waals surface area contributed by atoms with Crippen molar-refractivity contribution in [1.82, 2.24) is 20.2 Å². The zero-order chi connectivity index (χ0) is 30.3. The van der Waals surface area contributed by atoms with E-state index in [0.717, 1.165) is 29.2 Å². The monoisotopic (exact) mass is 566 g/mol. The van der Waals surface area contributed by atoms with E-state index in [2.05, 4.69) is 15.3 Å². The second-order valence-electron chi connectivity index (χ2n) is 10.5. The summed E-state index contributed by atoms with van der Waals surface area (Å²) in [6.07, 6.45) is -1.61. The van der Waals surface area contributed by atoms with E-state index >= 15 is 0 Å². The first-order valence-electron chi connectivity index (χ1n) is 12.1. The minimum absolute atomic E-state index is 0.0274. The third-order valence-electron chi connectivity index (χ3n) is 4.53. The molecule has 0 saturated carbocycles. The molecule has 0 unspecified atom stereocenters. The standard InChI is InChI=1S/C26H32F2N4O8/c1-25(2,3)39-23(36)29-13-17-9-15(27)12-20(30-17)22(35)38-8-7-32(24(37)40-26(4,5)6)14-18-10-16(28)11-19(31-18)21(33)34/h9-12H,7-8,13-14H2,1-6H3,(H,29,36)(H,33,34). The van der Waals surface area contributed by atoms with Crippen LogP contribution in [0.2, 0.25) is 0 Å². The lowest BCUT2D eigenvalue weighted by Gasteiger charge is -2.27. The Labute approximate surface area is 229 Å². The van der Waals surface area contributed by atoms with Crippen molar-refractivity contribution in [1.29, 1.82) is 0 Å². The number of ether oxygens (including phenoxy) is 3. The average molecular weight is 567 g/mol. The van der Waals surface area contributed by atoms with E-state index in [4.69, 9.17) is 19.3 Å². The van der Waals surface area contributed by atoms with Crippen LogP contribution in [0.3, 0.4) is 0 Å². The summed E-state index contributed by atoms with van der Waals surface area (Å²) < 4.78 is 43.6. The van der Waals surface area contributed by atoms with Crippen molar-refractivity contribution in [2.24, 2.45) is 0 Å². The maximum atomic E-state index is 14.1. The minimum atomic E-state index is -1.46. The lowest BCUT2D eigenvalue weighted by molar-refractivity contribution is 0.0147. The zero-order valence-electron chi connectivity index (χ0n) is 23.0. The van der Waals surface area contributed by atoms with Gasteiger partial charge in [-0.15, -0.1) is 0 Å². The van der Waals surface area contributed by atoms with E-state index in [9.17, 15) is 28.0 Å². The minimum Gasteiger partial charge on any atom is -0.477 e. The molecule has 2 rings (SSSR count). The topological polar surface area (TPSA) is 157 Å². The number of alkyl carbamates (subject to hydrolysis) is 1. The zero-order valence-corrected chi connectivity index (χ0v) is 23.0. The van der Waals surface area contributed by atoms with Crippen LogP contribution in [0.4, 0.5) is 18.4 Å². The molecule has 0 aromatic carbocycles. The van der Waals surface area contributed by atoms with Crippen molar-refractivity contribution in [2.45, 2.75) is 65.8 Å². The van der Waals surface area contributed by atoms with Gasteiger partial charge in [0.05, 0.1) is 31.0 Å². The quantitative estimate of drug-likeness (QED) is 0.335. The molecule has 14 heteroatoms. The van der Waals surface area contributed by atoms with Crippen LogP contribution in [0.25, 0.3) is 0 Å². The molecule has 0 bridgehead atoms. The summed E-state index contributed by atoms with van der Waals surface area (Å²) in [7, 11) is 0. The van der Waals surface area contributed by atoms with Gasteiger partial charge < -0.3 is 24.6 Å². The first kappa shape index (κ1) is 31.9. The van der Waals surface area contributed by atoms with Gasteiger partial charge in [-0.1, -0.05) is 0 Å². The summed E-state index contributed by atoms with van der Waals surface area (Å²) in [6.45, 7) is 8.64. The van der Waals surface area contributed by atoms with E-state index in [-0.39, 0.29) is 36.7 Å². The van der Waals surface area contributed by atoms with Crippen molar-refractivity contribution >= 4 is 24.1 Å². The number of nitrogens with one attached hydrogen (secondary N) is 1. The van der Waals surface area contributed by atoms with Crippen LogP contribution in [-0.4, -0.2) is 68.5 Å². The molecule has 2 amide bonds. The maximum Gasteiger partial charge on any atom is 0.410 e. The van der Waals surface area contributed by atoms with Gasteiger partial charge in [0.25, 0.3) is 0 Å². The molecule has 0 atom stereocenters. The van der Waals surface area contributed by atoms with Gasteiger partial charge in [-0.05, 0) is 53.7 Å². The maximum absolute atomic E-state index is 14.1. The Balaban J connectivity index is 2.10. The van der Waals surface area contributed by atoms with Crippen LogP contribution in [0.15, 0.2) is 24.3 Å². The van der Waals surface area contributed by atoms with E-state index in [0.29, 0.717) is 0 Å². The van der Waals surface area contributed by atoms with Crippen molar-refractivity contribution in [2.75, 3.05) is 13.2 Å². The Kier molecular flexibility index (Phi) is 10.5. The Morgan fingerprint density at radius 2 is 1.43 bits per heavy atom. The third kappa shape index (κ3) is 11.2. The molecule has 0 aliphatic rings. The lowest BCUT2D eigenvalue weighted by atomic mass is 10.2. The van der Waals surface area contributed by atoms with Gasteiger partial charge in [0.15, 0.2) is 11.4 Å². The van der Waals surface area contributed by atoms with Crippen molar-refractivity contribution < 1.29 is 47.3 Å². The average Bonchev–Trinajstić information content (AvgIpc) is 2.79. The van der Waals surface area contributed by atoms with E-state index in [1.54, 1.807) is 41.5 Å². The van der Waals surface area contributed by atoms with Crippen LogP contribution < -0.4 is 5.32 Å². The number of pyridine rings is 2. The number of amides is 2. The van der Waals surface area contributed by atoms with Crippen LogP contribution in [0, 0.1) is 11.6 Å². The molecule has 0 spiro atoms. The van der Waals surface area contributed by atoms with Gasteiger partial charge in [-0.2, -0.15) is 0 Å². The molecule has 12 nitrogen and oxygen atoms in total. The highest BCUT2D eigenvalue weighted by atomic mass is 19.1. The third-order valence-corrected chi connectivity index (χ3v) is 4.53. The van der Waals surface area contributed by atoms with Crippen molar-refractivity contribution in [3.63, 3.8) is 0 Å². The molecule has 2 heterocycles. The summed E-state index contributed by atoms with van der Waals surface area (Å²) in [6, 6.07) is 3.55. The number of esters is 1. The summed E-state index contributed by atoms with van der Waals surface area (Å²) in [5, 5.41) is 11.5. The number of hydrogen-bond donors (Lipinski definition) is 2. The highest BCUT2D eigenvalue weighted by Gasteiger charge is 2.24. The predicted molar refractivity (Wildman–Crippen MR) is 135 cm³/mol. The number of carboxylic acids is 1. The Bertz CT molecular complexity index is 1260. The number of carboxylic acid groups (broad SMARTS) is 1. The molecule has 0 saturated heterocycles. The number of carbonyl (C=O) groups is 4. The Morgan fingerprint density at radius 1 is 0.875 bits per heavy atom. The first-order valence-corrected chi connectivity index (χ1v) is 12.1. The fourth-order valence-electron chi connectivity index (χ4n) is 3.04. The highest BCUT2D eigenvalue weighted by Crippen LogP contribution is 2.14. The second-order valence-corrected chi connectivity index (χ2v) is 10.5. The number of hydrogen-bond acceptors (Lipinski definition) is 9. The van der Waals surface area contributed by atoms with Crippen LogP contribution >= 0.6 is 0 Å². The smallest absolute Gasteiger partial charge is 0.410 e. The highest BCUT2D eigenvalue weighted by molar-refractivity contribution is 5.87. The molecule has 40 heavy (non-hydrogen) atoms. The molecule has 218 valence electrons. The fraction of sp³-hybridized carbons (Fsp3) is 0.462. The number of carbonyl (C=O) groups excluding carboxylic acids is 3. The predicted octanol–water partition coefficient (Wildman–Crippen LogP) is 4.07. The van der Waals surface area contributed by atoms with Crippen molar-refractivity contribution in [3.8, 4) is 0 Å². The van der Waals surface area contributed by atoms with Gasteiger partial charge in [-0.3, -0.25) is 4.90 Å². The van der Waals surface area contributed by atoms with Gasteiger partial charge in [0.2, 0.25) is 0 Å². The molecule has 0 aliphatic carbocycles. The molecule has 2 aromatic rings. The molecular weight excluding hydrogens is 534 g/mol. The summed E-state index contributed by atoms with van der Waals surface area (Å²) in [4.78, 5) is 57.2. The molecule has 0 aliphatic heterocycles. The molecule has 2 aromatic heterocycles. The molecule has 0 radical (unpaired) electrons. The number of halogens is 2. The van der Waals surface area contributed by atoms with Crippen molar-refractivity contribution in [3.05, 3.63) is 58.7 Å². The van der Waals surface area contributed by atoms with Gasteiger partial charge >= 0.3 is 24.1 Å². The van der Waals surface area contributed by atoms with Gasteiger partial charge in [0.1, 0.15) is 29.4 Å². The normalized spacial score (nSPS) is 11.4. The number of rotatable bonds is 9. The molecule has 2 N–H and O–H groups in total. The first-order chi connectivity index (χ1) is 18.4. The summed E-state index contributed by atoms with van der Waals surface area (Å²) >= 11 is 0. The lowest BCUT2D eigenvalue weighted by Crippen LogP contribution is -2.39. The summed E-state index contributed by atoms with van der Waals surface area (Å²) in [5.41, 5.74) is -2.64. The number of aromatic nitrogens is 2.